The summed E-state index contributed by atoms with van der Waals surface area (Å²) in [7, 11) is 1.83. The van der Waals surface area contributed by atoms with Crippen molar-refractivity contribution in [3.05, 3.63) is 51.6 Å². The number of rotatable bonds is 3. The van der Waals surface area contributed by atoms with Crippen LogP contribution in [0.1, 0.15) is 18.5 Å². The van der Waals surface area contributed by atoms with E-state index in [2.05, 4.69) is 25.9 Å². The highest BCUT2D eigenvalue weighted by Crippen LogP contribution is 2.30. The SMILES string of the molecule is CC(c1ccccc1F)N(C)c1nc(Cl)ncc1Br. The number of halogens is 3. The van der Waals surface area contributed by atoms with Crippen LogP contribution in [0.15, 0.2) is 34.9 Å². The second kappa shape index (κ2) is 5.84. The maximum absolute atomic E-state index is 13.8. The third kappa shape index (κ3) is 3.04. The van der Waals surface area contributed by atoms with Crippen LogP contribution in [0.5, 0.6) is 0 Å². The van der Waals surface area contributed by atoms with Gasteiger partial charge in [-0.1, -0.05) is 18.2 Å². The van der Waals surface area contributed by atoms with Crippen LogP contribution in [0, 0.1) is 5.82 Å². The Hall–Kier alpha value is -1.20. The van der Waals surface area contributed by atoms with E-state index in [-0.39, 0.29) is 17.1 Å². The largest absolute Gasteiger partial charge is 0.352 e. The molecule has 1 aromatic heterocycles. The molecule has 0 saturated carbocycles. The molecule has 2 aromatic rings. The second-order valence-corrected chi connectivity index (χ2v) is 5.31. The molecule has 3 nitrogen and oxygen atoms in total. The van der Waals surface area contributed by atoms with Crippen molar-refractivity contribution in [3.63, 3.8) is 0 Å². The summed E-state index contributed by atoms with van der Waals surface area (Å²) in [6, 6.07) is 6.51. The smallest absolute Gasteiger partial charge is 0.224 e. The van der Waals surface area contributed by atoms with Crippen LogP contribution in [0.25, 0.3) is 0 Å². The summed E-state index contributed by atoms with van der Waals surface area (Å²) in [6.07, 6.45) is 1.58. The Morgan fingerprint density at radius 3 is 2.74 bits per heavy atom. The standard InChI is InChI=1S/C13H12BrClFN3/c1-8(9-5-3-4-6-11(9)16)19(2)12-10(14)7-17-13(15)18-12/h3-8H,1-2H3. The number of hydrogen-bond acceptors (Lipinski definition) is 3. The molecule has 0 aliphatic carbocycles. The average molecular weight is 345 g/mol. The van der Waals surface area contributed by atoms with Gasteiger partial charge in [-0.25, -0.2) is 9.37 Å². The van der Waals surface area contributed by atoms with Gasteiger partial charge in [0.2, 0.25) is 5.28 Å². The molecule has 0 aliphatic heterocycles. The molecule has 0 radical (unpaired) electrons. The van der Waals surface area contributed by atoms with Crippen molar-refractivity contribution in [2.45, 2.75) is 13.0 Å². The van der Waals surface area contributed by atoms with E-state index in [1.165, 1.54) is 6.07 Å². The molecule has 6 heteroatoms. The van der Waals surface area contributed by atoms with Crippen LogP contribution < -0.4 is 4.90 Å². The van der Waals surface area contributed by atoms with Crippen molar-refractivity contribution in [1.82, 2.24) is 9.97 Å². The maximum atomic E-state index is 13.8. The first-order valence-corrected chi connectivity index (χ1v) is 6.83. The van der Waals surface area contributed by atoms with Crippen LogP contribution in [0.4, 0.5) is 10.2 Å². The van der Waals surface area contributed by atoms with Gasteiger partial charge in [-0.15, -0.1) is 0 Å². The maximum Gasteiger partial charge on any atom is 0.224 e. The van der Waals surface area contributed by atoms with Crippen molar-refractivity contribution < 1.29 is 4.39 Å². The Morgan fingerprint density at radius 2 is 2.05 bits per heavy atom. The van der Waals surface area contributed by atoms with Crippen LogP contribution in [-0.2, 0) is 0 Å². The molecule has 0 fully saturated rings. The Kier molecular flexibility index (Phi) is 4.37. The fourth-order valence-corrected chi connectivity index (χ4v) is 2.39. The fraction of sp³-hybridized carbons (Fsp3) is 0.231. The quantitative estimate of drug-likeness (QED) is 0.780. The minimum atomic E-state index is -0.238. The predicted octanol–water partition coefficient (Wildman–Crippen LogP) is 4.23. The molecule has 2 rings (SSSR count). The van der Waals surface area contributed by atoms with Gasteiger partial charge in [0.25, 0.3) is 0 Å². The molecule has 1 atom stereocenters. The minimum absolute atomic E-state index is 0.158. The zero-order chi connectivity index (χ0) is 14.0. The lowest BCUT2D eigenvalue weighted by atomic mass is 10.1. The Bertz CT molecular complexity index is 594. The Balaban J connectivity index is 2.36. The van der Waals surface area contributed by atoms with Crippen LogP contribution in [-0.4, -0.2) is 17.0 Å². The molecule has 0 aliphatic rings. The van der Waals surface area contributed by atoms with Gasteiger partial charge in [0.05, 0.1) is 10.5 Å². The van der Waals surface area contributed by atoms with Crippen molar-refractivity contribution >= 4 is 33.3 Å². The minimum Gasteiger partial charge on any atom is -0.352 e. The zero-order valence-corrected chi connectivity index (χ0v) is 12.8. The van der Waals surface area contributed by atoms with E-state index in [9.17, 15) is 4.39 Å². The first kappa shape index (κ1) is 14.2. The van der Waals surface area contributed by atoms with E-state index in [0.717, 1.165) is 0 Å². The lowest BCUT2D eigenvalue weighted by Gasteiger charge is -2.27. The van der Waals surface area contributed by atoms with E-state index in [4.69, 9.17) is 11.6 Å². The molecule has 1 unspecified atom stereocenters. The van der Waals surface area contributed by atoms with Gasteiger partial charge in [0, 0.05) is 18.8 Å². The summed E-state index contributed by atoms with van der Waals surface area (Å²) < 4.78 is 14.5. The monoisotopic (exact) mass is 343 g/mol. The Labute approximate surface area is 124 Å². The summed E-state index contributed by atoms with van der Waals surface area (Å²) >= 11 is 9.17. The molecule has 0 amide bonds. The molecule has 0 bridgehead atoms. The van der Waals surface area contributed by atoms with E-state index in [1.54, 1.807) is 18.3 Å². The van der Waals surface area contributed by atoms with E-state index >= 15 is 0 Å². The third-order valence-electron chi connectivity index (χ3n) is 2.97. The average Bonchev–Trinajstić information content (AvgIpc) is 2.40. The highest BCUT2D eigenvalue weighted by molar-refractivity contribution is 9.10. The number of nitrogens with zero attached hydrogens (tertiary/aromatic N) is 3. The highest BCUT2D eigenvalue weighted by atomic mass is 79.9. The van der Waals surface area contributed by atoms with Gasteiger partial charge >= 0.3 is 0 Å². The number of hydrogen-bond donors (Lipinski definition) is 0. The first-order valence-electron chi connectivity index (χ1n) is 5.66. The van der Waals surface area contributed by atoms with Gasteiger partial charge < -0.3 is 4.90 Å². The van der Waals surface area contributed by atoms with Crippen molar-refractivity contribution in [2.24, 2.45) is 0 Å². The molecule has 100 valence electrons. The lowest BCUT2D eigenvalue weighted by molar-refractivity contribution is 0.584. The predicted molar refractivity (Wildman–Crippen MR) is 78.0 cm³/mol. The summed E-state index contributed by atoms with van der Waals surface area (Å²) in [5.74, 6) is 0.383. The molecule has 19 heavy (non-hydrogen) atoms. The first-order chi connectivity index (χ1) is 9.00. The van der Waals surface area contributed by atoms with Crippen molar-refractivity contribution in [2.75, 3.05) is 11.9 Å². The molecule has 1 aromatic carbocycles. The molecule has 0 N–H and O–H groups in total. The third-order valence-corrected chi connectivity index (χ3v) is 3.71. The fourth-order valence-electron chi connectivity index (χ4n) is 1.79. The van der Waals surface area contributed by atoms with Gasteiger partial charge in [-0.3, -0.25) is 0 Å². The second-order valence-electron chi connectivity index (χ2n) is 4.12. The summed E-state index contributed by atoms with van der Waals surface area (Å²) in [4.78, 5) is 9.88. The molecule has 1 heterocycles. The van der Waals surface area contributed by atoms with E-state index < -0.39 is 0 Å². The van der Waals surface area contributed by atoms with Crippen LogP contribution in [0.3, 0.4) is 0 Å². The molecule has 0 saturated heterocycles. The van der Waals surface area contributed by atoms with Crippen LogP contribution in [0.2, 0.25) is 5.28 Å². The van der Waals surface area contributed by atoms with Gasteiger partial charge in [0.1, 0.15) is 11.6 Å². The Morgan fingerprint density at radius 1 is 1.37 bits per heavy atom. The summed E-state index contributed by atoms with van der Waals surface area (Å²) in [5.41, 5.74) is 0.603. The molecule has 0 spiro atoms. The molecular weight excluding hydrogens is 333 g/mol. The van der Waals surface area contributed by atoms with Crippen LogP contribution >= 0.6 is 27.5 Å². The summed E-state index contributed by atoms with van der Waals surface area (Å²) in [5, 5.41) is 0.158. The van der Waals surface area contributed by atoms with Crippen molar-refractivity contribution in [1.29, 1.82) is 0 Å². The highest BCUT2D eigenvalue weighted by Gasteiger charge is 2.19. The van der Waals surface area contributed by atoms with Gasteiger partial charge in [-0.2, -0.15) is 4.98 Å². The van der Waals surface area contributed by atoms with Gasteiger partial charge in [0.15, 0.2) is 0 Å². The van der Waals surface area contributed by atoms with Crippen molar-refractivity contribution in [3.8, 4) is 0 Å². The molecular formula is C13H12BrClFN3. The van der Waals surface area contributed by atoms with Gasteiger partial charge in [-0.05, 0) is 40.5 Å². The number of benzene rings is 1. The normalized spacial score (nSPS) is 12.3. The zero-order valence-electron chi connectivity index (χ0n) is 10.4. The lowest BCUT2D eigenvalue weighted by Crippen LogP contribution is -2.24. The number of anilines is 1. The van der Waals surface area contributed by atoms with E-state index in [0.29, 0.717) is 15.9 Å². The topological polar surface area (TPSA) is 29.0 Å². The number of aromatic nitrogens is 2. The summed E-state index contributed by atoms with van der Waals surface area (Å²) in [6.45, 7) is 1.90. The van der Waals surface area contributed by atoms with E-state index in [1.807, 2.05) is 24.9 Å².